The van der Waals surface area contributed by atoms with Crippen molar-refractivity contribution in [1.29, 1.82) is 0 Å². The number of hydrogen-bond donors (Lipinski definition) is 2. The maximum Gasteiger partial charge on any atom is 0.411 e. The average Bonchev–Trinajstić information content (AvgIpc) is 3.28. The lowest BCUT2D eigenvalue weighted by Gasteiger charge is -2.24. The van der Waals surface area contributed by atoms with E-state index in [9.17, 15) is 9.59 Å². The number of nitrogens with zero attached hydrogens (tertiary/aromatic N) is 2. The first kappa shape index (κ1) is 33.8. The van der Waals surface area contributed by atoms with Gasteiger partial charge in [-0.15, -0.1) is 0 Å². The van der Waals surface area contributed by atoms with Gasteiger partial charge in [0.25, 0.3) is 0 Å². The van der Waals surface area contributed by atoms with Crippen LogP contribution in [0.1, 0.15) is 38.2 Å². The van der Waals surface area contributed by atoms with Crippen molar-refractivity contribution in [3.05, 3.63) is 69.0 Å². The molecule has 0 radical (unpaired) electrons. The molecule has 0 spiro atoms. The second-order valence-corrected chi connectivity index (χ2v) is 19.5. The highest BCUT2D eigenvalue weighted by molar-refractivity contribution is 9.10. The molecule has 0 saturated carbocycles. The number of benzene rings is 2. The molecule has 3 rings (SSSR count). The number of methoxy groups -OCH3 is 1. The van der Waals surface area contributed by atoms with Crippen LogP contribution in [-0.4, -0.2) is 49.1 Å². The minimum Gasteiger partial charge on any atom is -0.453 e. The molecule has 1 heterocycles. The highest BCUT2D eigenvalue weighted by Gasteiger charge is 2.26. The molecule has 2 N–H and O–H groups in total. The molecule has 0 bridgehead atoms. The standard InChI is InChI=1S/C30H40Br2N4O5Si/c1-30(2,3)41-29(38)35-25(16-20-9-8-10-21(31)15-20)27-34-26(18-36(27)19-40-13-14-42(5,6)7)23-12-11-22(17-24(23)32)33-28(37)39-4/h8-12,15,17-18,25H,13-14,16,19H2,1-7H3,(H,33,37)(H,35,38)/t25-/m0/s1. The minimum absolute atomic E-state index is 0.275. The number of hydrogen-bond acceptors (Lipinski definition) is 6. The number of alkyl carbamates (subject to hydrolysis) is 1. The fourth-order valence-electron chi connectivity index (χ4n) is 4.01. The number of amides is 2. The Labute approximate surface area is 266 Å². The quantitative estimate of drug-likeness (QED) is 0.152. The van der Waals surface area contributed by atoms with Gasteiger partial charge in [-0.1, -0.05) is 63.6 Å². The van der Waals surface area contributed by atoms with Gasteiger partial charge in [0.15, 0.2) is 0 Å². The summed E-state index contributed by atoms with van der Waals surface area (Å²) in [7, 11) is 0.0343. The number of anilines is 1. The third-order valence-electron chi connectivity index (χ3n) is 6.04. The van der Waals surface area contributed by atoms with Crippen molar-refractivity contribution < 1.29 is 23.8 Å². The van der Waals surface area contributed by atoms with Gasteiger partial charge in [0, 0.05) is 47.5 Å². The van der Waals surface area contributed by atoms with Gasteiger partial charge in [0.2, 0.25) is 0 Å². The summed E-state index contributed by atoms with van der Waals surface area (Å²) < 4.78 is 20.1. The molecule has 3 aromatic rings. The highest BCUT2D eigenvalue weighted by Crippen LogP contribution is 2.32. The third-order valence-corrected chi connectivity index (χ3v) is 8.90. The van der Waals surface area contributed by atoms with E-state index in [4.69, 9.17) is 19.2 Å². The van der Waals surface area contributed by atoms with Gasteiger partial charge in [0.05, 0.1) is 18.8 Å². The van der Waals surface area contributed by atoms with Crippen LogP contribution in [0, 0.1) is 0 Å². The molecule has 1 aromatic heterocycles. The molecule has 228 valence electrons. The molecule has 0 aliphatic carbocycles. The van der Waals surface area contributed by atoms with E-state index >= 15 is 0 Å². The molecule has 2 amide bonds. The lowest BCUT2D eigenvalue weighted by atomic mass is 10.1. The fourth-order valence-corrected chi connectivity index (χ4v) is 5.79. The van der Waals surface area contributed by atoms with E-state index in [0.717, 1.165) is 26.1 Å². The summed E-state index contributed by atoms with van der Waals surface area (Å²) in [4.78, 5) is 29.7. The van der Waals surface area contributed by atoms with Gasteiger partial charge in [0.1, 0.15) is 18.2 Å². The zero-order valence-electron chi connectivity index (χ0n) is 25.2. The lowest BCUT2D eigenvalue weighted by Crippen LogP contribution is -2.37. The smallest absolute Gasteiger partial charge is 0.411 e. The Balaban J connectivity index is 2.02. The van der Waals surface area contributed by atoms with Crippen LogP contribution in [0.15, 0.2) is 57.6 Å². The van der Waals surface area contributed by atoms with Crippen LogP contribution in [-0.2, 0) is 27.4 Å². The Kier molecular flexibility index (Phi) is 11.8. The number of halogens is 2. The van der Waals surface area contributed by atoms with Crippen LogP contribution in [0.25, 0.3) is 11.3 Å². The zero-order valence-corrected chi connectivity index (χ0v) is 29.4. The Morgan fingerprint density at radius 2 is 1.81 bits per heavy atom. The number of ether oxygens (including phenoxy) is 3. The Hall–Kier alpha value is -2.67. The van der Waals surface area contributed by atoms with E-state index in [1.165, 1.54) is 7.11 Å². The summed E-state index contributed by atoms with van der Waals surface area (Å²) >= 11 is 7.17. The van der Waals surface area contributed by atoms with Gasteiger partial charge < -0.3 is 24.1 Å². The van der Waals surface area contributed by atoms with Crippen molar-refractivity contribution >= 4 is 57.8 Å². The predicted octanol–water partition coefficient (Wildman–Crippen LogP) is 8.37. The molecule has 0 fully saturated rings. The first-order chi connectivity index (χ1) is 19.6. The minimum atomic E-state index is -1.28. The maximum absolute atomic E-state index is 13.0. The number of carbonyl (C=O) groups is 2. The van der Waals surface area contributed by atoms with E-state index in [1.807, 2.05) is 61.9 Å². The van der Waals surface area contributed by atoms with Crippen molar-refractivity contribution in [3.63, 3.8) is 0 Å². The average molecular weight is 725 g/mol. The summed E-state index contributed by atoms with van der Waals surface area (Å²) in [5.74, 6) is 0.632. The largest absolute Gasteiger partial charge is 0.453 e. The van der Waals surface area contributed by atoms with Crippen LogP contribution in [0.5, 0.6) is 0 Å². The molecule has 0 aliphatic rings. The van der Waals surface area contributed by atoms with E-state index < -0.39 is 31.9 Å². The van der Waals surface area contributed by atoms with Gasteiger partial charge in [-0.05, 0) is 62.7 Å². The molecule has 9 nitrogen and oxygen atoms in total. The second kappa shape index (κ2) is 14.7. The van der Waals surface area contributed by atoms with Crippen LogP contribution >= 0.6 is 31.9 Å². The number of rotatable bonds is 11. The fraction of sp³-hybridized carbons (Fsp3) is 0.433. The van der Waals surface area contributed by atoms with Crippen molar-refractivity contribution in [3.8, 4) is 11.3 Å². The number of aromatic nitrogens is 2. The van der Waals surface area contributed by atoms with Gasteiger partial charge >= 0.3 is 12.2 Å². The van der Waals surface area contributed by atoms with Gasteiger partial charge in [-0.2, -0.15) is 0 Å². The topological polar surface area (TPSA) is 104 Å². The predicted molar refractivity (Wildman–Crippen MR) is 175 cm³/mol. The molecule has 0 unspecified atom stereocenters. The van der Waals surface area contributed by atoms with Crippen molar-refractivity contribution in [1.82, 2.24) is 14.9 Å². The number of imidazole rings is 1. The Bertz CT molecular complexity index is 1380. The van der Waals surface area contributed by atoms with Crippen LogP contribution in [0.3, 0.4) is 0 Å². The molecular weight excluding hydrogens is 684 g/mol. The van der Waals surface area contributed by atoms with E-state index in [1.54, 1.807) is 12.1 Å². The van der Waals surface area contributed by atoms with Crippen LogP contribution in [0.4, 0.5) is 15.3 Å². The zero-order chi connectivity index (χ0) is 31.1. The summed E-state index contributed by atoms with van der Waals surface area (Å²) in [5, 5.41) is 5.71. The van der Waals surface area contributed by atoms with Gasteiger partial charge in [-0.3, -0.25) is 5.32 Å². The van der Waals surface area contributed by atoms with E-state index in [2.05, 4.69) is 62.1 Å². The Morgan fingerprint density at radius 3 is 2.43 bits per heavy atom. The molecule has 0 saturated heterocycles. The second-order valence-electron chi connectivity index (χ2n) is 12.1. The maximum atomic E-state index is 13.0. The first-order valence-electron chi connectivity index (χ1n) is 13.7. The summed E-state index contributed by atoms with van der Waals surface area (Å²) in [6.07, 6.45) is 1.31. The number of nitrogens with one attached hydrogen (secondary N) is 2. The van der Waals surface area contributed by atoms with Crippen LogP contribution < -0.4 is 10.6 Å². The lowest BCUT2D eigenvalue weighted by molar-refractivity contribution is 0.0491. The van der Waals surface area contributed by atoms with Crippen LogP contribution in [0.2, 0.25) is 25.7 Å². The molecule has 2 aromatic carbocycles. The first-order valence-corrected chi connectivity index (χ1v) is 19.0. The highest BCUT2D eigenvalue weighted by atomic mass is 79.9. The summed E-state index contributed by atoms with van der Waals surface area (Å²) in [5.41, 5.74) is 2.42. The van der Waals surface area contributed by atoms with E-state index in [0.29, 0.717) is 30.2 Å². The van der Waals surface area contributed by atoms with Crippen molar-refractivity contribution in [2.24, 2.45) is 0 Å². The summed E-state index contributed by atoms with van der Waals surface area (Å²) in [6, 6.07) is 13.9. The molecular formula is C30H40Br2N4O5Si. The van der Waals surface area contributed by atoms with Crippen molar-refractivity contribution in [2.45, 2.75) is 71.3 Å². The molecule has 0 aliphatic heterocycles. The third kappa shape index (κ3) is 10.9. The molecule has 12 heteroatoms. The normalized spacial score (nSPS) is 12.5. The van der Waals surface area contributed by atoms with Crippen molar-refractivity contribution in [2.75, 3.05) is 19.0 Å². The molecule has 42 heavy (non-hydrogen) atoms. The molecule has 1 atom stereocenters. The number of carbonyl (C=O) groups excluding carboxylic acids is 2. The summed E-state index contributed by atoms with van der Waals surface area (Å²) in [6.45, 7) is 13.3. The SMILES string of the molecule is COC(=O)Nc1ccc(-c2cn(COCC[Si](C)(C)C)c([C@H](Cc3cccc(Br)c3)NC(=O)OC(C)(C)C)n2)c(Br)c1. The van der Waals surface area contributed by atoms with Gasteiger partial charge in [-0.25, -0.2) is 14.6 Å². The van der Waals surface area contributed by atoms with E-state index in [-0.39, 0.29) is 6.73 Å². The Morgan fingerprint density at radius 1 is 1.07 bits per heavy atom. The monoisotopic (exact) mass is 722 g/mol.